The number of alkyl halides is 3. The first-order valence-corrected chi connectivity index (χ1v) is 6.94. The quantitative estimate of drug-likeness (QED) is 0.810. The van der Waals surface area contributed by atoms with Crippen LogP contribution >= 0.6 is 0 Å². The molecule has 0 bridgehead atoms. The topological polar surface area (TPSA) is 21.3 Å². The Morgan fingerprint density at radius 3 is 2.30 bits per heavy atom. The molecule has 1 aromatic rings. The van der Waals surface area contributed by atoms with Crippen molar-refractivity contribution in [2.45, 2.75) is 51.9 Å². The van der Waals surface area contributed by atoms with Crippen molar-refractivity contribution < 1.29 is 17.9 Å². The van der Waals surface area contributed by atoms with Crippen molar-refractivity contribution >= 4 is 0 Å². The molecule has 0 aliphatic heterocycles. The summed E-state index contributed by atoms with van der Waals surface area (Å²) in [6, 6.07) is 5.68. The van der Waals surface area contributed by atoms with Crippen LogP contribution in [0.3, 0.4) is 0 Å². The van der Waals surface area contributed by atoms with Crippen LogP contribution in [0.2, 0.25) is 0 Å². The summed E-state index contributed by atoms with van der Waals surface area (Å²) in [7, 11) is 0. The Balaban J connectivity index is 2.64. The van der Waals surface area contributed by atoms with Gasteiger partial charge in [-0.05, 0) is 31.9 Å². The number of ether oxygens (including phenoxy) is 1. The van der Waals surface area contributed by atoms with Gasteiger partial charge in [-0.2, -0.15) is 13.2 Å². The second-order valence-electron chi connectivity index (χ2n) is 4.84. The molecule has 0 saturated heterocycles. The lowest BCUT2D eigenvalue weighted by atomic mass is 10.1. The second-order valence-corrected chi connectivity index (χ2v) is 4.84. The number of nitrogens with one attached hydrogen (secondary N) is 1. The van der Waals surface area contributed by atoms with Gasteiger partial charge in [-0.1, -0.05) is 26.0 Å². The van der Waals surface area contributed by atoms with E-state index in [1.54, 1.807) is 13.0 Å². The molecular formula is C15H22F3NO. The maximum Gasteiger partial charge on any atom is 0.419 e. The molecule has 0 saturated carbocycles. The van der Waals surface area contributed by atoms with Crippen LogP contribution in [0.15, 0.2) is 24.3 Å². The Kier molecular flexibility index (Phi) is 6.33. The summed E-state index contributed by atoms with van der Waals surface area (Å²) in [6.07, 6.45) is -2.73. The van der Waals surface area contributed by atoms with Crippen molar-refractivity contribution in [2.75, 3.05) is 6.54 Å². The highest BCUT2D eigenvalue weighted by atomic mass is 19.4. The van der Waals surface area contributed by atoms with Crippen molar-refractivity contribution in [1.29, 1.82) is 0 Å². The first kappa shape index (κ1) is 16.8. The van der Waals surface area contributed by atoms with Gasteiger partial charge in [0.25, 0.3) is 0 Å². The minimum atomic E-state index is -4.39. The van der Waals surface area contributed by atoms with Gasteiger partial charge < -0.3 is 10.1 Å². The zero-order chi connectivity index (χ0) is 15.2. The van der Waals surface area contributed by atoms with E-state index in [1.807, 2.05) is 0 Å². The van der Waals surface area contributed by atoms with Gasteiger partial charge in [0, 0.05) is 12.6 Å². The van der Waals surface area contributed by atoms with E-state index < -0.39 is 11.7 Å². The Labute approximate surface area is 118 Å². The van der Waals surface area contributed by atoms with Crippen LogP contribution < -0.4 is 10.1 Å². The monoisotopic (exact) mass is 289 g/mol. The molecule has 0 aliphatic carbocycles. The molecule has 0 spiro atoms. The molecule has 5 heteroatoms. The summed E-state index contributed by atoms with van der Waals surface area (Å²) in [5.74, 6) is -0.112. The van der Waals surface area contributed by atoms with E-state index in [1.165, 1.54) is 12.1 Å². The Bertz CT molecular complexity index is 402. The van der Waals surface area contributed by atoms with Gasteiger partial charge in [0.2, 0.25) is 0 Å². The van der Waals surface area contributed by atoms with Gasteiger partial charge >= 0.3 is 6.18 Å². The molecular weight excluding hydrogens is 267 g/mol. The molecule has 2 nitrogen and oxygen atoms in total. The van der Waals surface area contributed by atoms with Crippen molar-refractivity contribution in [2.24, 2.45) is 0 Å². The summed E-state index contributed by atoms with van der Waals surface area (Å²) < 4.78 is 43.9. The zero-order valence-corrected chi connectivity index (χ0v) is 12.1. The highest BCUT2D eigenvalue weighted by molar-refractivity contribution is 5.35. The van der Waals surface area contributed by atoms with Gasteiger partial charge in [0.05, 0.1) is 5.56 Å². The third kappa shape index (κ3) is 5.04. The Hall–Kier alpha value is -1.23. The largest absolute Gasteiger partial charge is 0.489 e. The van der Waals surface area contributed by atoms with E-state index >= 15 is 0 Å². The van der Waals surface area contributed by atoms with Crippen LogP contribution in [-0.4, -0.2) is 18.7 Å². The van der Waals surface area contributed by atoms with Gasteiger partial charge in [-0.15, -0.1) is 0 Å². The van der Waals surface area contributed by atoms with E-state index in [9.17, 15) is 13.2 Å². The molecule has 20 heavy (non-hydrogen) atoms. The molecule has 0 amide bonds. The normalized spacial score (nSPS) is 13.6. The fourth-order valence-electron chi connectivity index (χ4n) is 1.97. The van der Waals surface area contributed by atoms with Crippen LogP contribution in [0.1, 0.15) is 39.2 Å². The van der Waals surface area contributed by atoms with Gasteiger partial charge in [-0.3, -0.25) is 0 Å². The van der Waals surface area contributed by atoms with E-state index in [0.29, 0.717) is 12.6 Å². The molecule has 0 heterocycles. The number of rotatable bonds is 7. The highest BCUT2D eigenvalue weighted by Crippen LogP contribution is 2.36. The third-order valence-corrected chi connectivity index (χ3v) is 3.20. The summed E-state index contributed by atoms with van der Waals surface area (Å²) in [5.41, 5.74) is -0.727. The second kappa shape index (κ2) is 7.53. The average Bonchev–Trinajstić information content (AvgIpc) is 2.39. The molecule has 1 atom stereocenters. The summed E-state index contributed by atoms with van der Waals surface area (Å²) in [6.45, 7) is 6.44. The lowest BCUT2D eigenvalue weighted by Gasteiger charge is -2.21. The summed E-state index contributed by atoms with van der Waals surface area (Å²) in [4.78, 5) is 0. The molecule has 0 aromatic heterocycles. The number of hydrogen-bond acceptors (Lipinski definition) is 2. The van der Waals surface area contributed by atoms with Crippen LogP contribution in [0.25, 0.3) is 0 Å². The van der Waals surface area contributed by atoms with E-state index in [0.717, 1.165) is 18.9 Å². The molecule has 1 aromatic carbocycles. The van der Waals surface area contributed by atoms with Crippen LogP contribution in [-0.2, 0) is 6.18 Å². The summed E-state index contributed by atoms with van der Waals surface area (Å²) in [5, 5.41) is 3.29. The molecule has 0 aliphatic rings. The number of hydrogen-bond donors (Lipinski definition) is 1. The average molecular weight is 289 g/mol. The minimum absolute atomic E-state index is 0.112. The van der Waals surface area contributed by atoms with Crippen molar-refractivity contribution in [1.82, 2.24) is 5.32 Å². The Morgan fingerprint density at radius 1 is 1.15 bits per heavy atom. The SMILES string of the molecule is CCC(CC)NCC(C)Oc1ccccc1C(F)(F)F. The fraction of sp³-hybridized carbons (Fsp3) is 0.600. The number of halogens is 3. The minimum Gasteiger partial charge on any atom is -0.489 e. The first-order chi connectivity index (χ1) is 9.38. The van der Waals surface area contributed by atoms with E-state index in [2.05, 4.69) is 19.2 Å². The third-order valence-electron chi connectivity index (χ3n) is 3.20. The summed E-state index contributed by atoms with van der Waals surface area (Å²) >= 11 is 0. The molecule has 114 valence electrons. The predicted octanol–water partition coefficient (Wildman–Crippen LogP) is 4.25. The van der Waals surface area contributed by atoms with Crippen LogP contribution in [0.4, 0.5) is 13.2 Å². The molecule has 0 fully saturated rings. The molecule has 1 rings (SSSR count). The molecule has 0 radical (unpaired) electrons. The standard InChI is InChI=1S/C15H22F3NO/c1-4-12(5-2)19-10-11(3)20-14-9-7-6-8-13(14)15(16,17)18/h6-9,11-12,19H,4-5,10H2,1-3H3. The number of para-hydroxylation sites is 1. The van der Waals surface area contributed by atoms with Gasteiger partial charge in [0.15, 0.2) is 0 Å². The molecule has 1 N–H and O–H groups in total. The van der Waals surface area contributed by atoms with E-state index in [4.69, 9.17) is 4.74 Å². The maximum atomic E-state index is 12.8. The fourth-order valence-corrected chi connectivity index (χ4v) is 1.97. The lowest BCUT2D eigenvalue weighted by molar-refractivity contribution is -0.139. The molecule has 1 unspecified atom stereocenters. The zero-order valence-electron chi connectivity index (χ0n) is 12.1. The maximum absolute atomic E-state index is 12.8. The van der Waals surface area contributed by atoms with E-state index in [-0.39, 0.29) is 11.9 Å². The van der Waals surface area contributed by atoms with Crippen LogP contribution in [0.5, 0.6) is 5.75 Å². The van der Waals surface area contributed by atoms with Crippen molar-refractivity contribution in [3.63, 3.8) is 0 Å². The Morgan fingerprint density at radius 2 is 1.75 bits per heavy atom. The van der Waals surface area contributed by atoms with Crippen molar-refractivity contribution in [3.05, 3.63) is 29.8 Å². The lowest BCUT2D eigenvalue weighted by Crippen LogP contribution is -2.36. The van der Waals surface area contributed by atoms with Crippen molar-refractivity contribution in [3.8, 4) is 5.75 Å². The number of benzene rings is 1. The van der Waals surface area contributed by atoms with Gasteiger partial charge in [-0.25, -0.2) is 0 Å². The highest BCUT2D eigenvalue weighted by Gasteiger charge is 2.34. The smallest absolute Gasteiger partial charge is 0.419 e. The van der Waals surface area contributed by atoms with Gasteiger partial charge in [0.1, 0.15) is 11.9 Å². The van der Waals surface area contributed by atoms with Crippen LogP contribution in [0, 0.1) is 0 Å². The first-order valence-electron chi connectivity index (χ1n) is 6.94. The predicted molar refractivity (Wildman–Crippen MR) is 73.9 cm³/mol.